The van der Waals surface area contributed by atoms with Crippen LogP contribution in [0, 0.1) is 0 Å². The SMILES string of the molecule is CCC(C)n1c(=O)[nH]c(=O)c2c1nc(CCN)n2CC. The van der Waals surface area contributed by atoms with Gasteiger partial charge >= 0.3 is 5.69 Å². The maximum Gasteiger partial charge on any atom is 0.330 e. The molecule has 0 spiro atoms. The van der Waals surface area contributed by atoms with E-state index in [1.807, 2.05) is 25.3 Å². The first-order chi connectivity index (χ1) is 9.54. The van der Waals surface area contributed by atoms with Gasteiger partial charge in [0.05, 0.1) is 0 Å². The van der Waals surface area contributed by atoms with Crippen molar-refractivity contribution in [3.8, 4) is 0 Å². The quantitative estimate of drug-likeness (QED) is 0.826. The number of nitrogens with one attached hydrogen (secondary N) is 1. The Balaban J connectivity index is 2.89. The normalized spacial score (nSPS) is 13.0. The van der Waals surface area contributed by atoms with E-state index in [2.05, 4.69) is 9.97 Å². The van der Waals surface area contributed by atoms with Gasteiger partial charge in [0.2, 0.25) is 0 Å². The molecular formula is C13H21N5O2. The van der Waals surface area contributed by atoms with Crippen LogP contribution < -0.4 is 17.0 Å². The Morgan fingerprint density at radius 1 is 1.35 bits per heavy atom. The minimum absolute atomic E-state index is 0.0206. The fourth-order valence-corrected chi connectivity index (χ4v) is 2.44. The lowest BCUT2D eigenvalue weighted by atomic mass is 10.2. The maximum absolute atomic E-state index is 12.1. The van der Waals surface area contributed by atoms with Crippen molar-refractivity contribution < 1.29 is 0 Å². The minimum atomic E-state index is -0.406. The minimum Gasteiger partial charge on any atom is -0.330 e. The number of hydrogen-bond acceptors (Lipinski definition) is 4. The molecule has 2 aromatic heterocycles. The van der Waals surface area contributed by atoms with Crippen molar-refractivity contribution in [2.45, 2.75) is 46.2 Å². The molecule has 0 aliphatic carbocycles. The van der Waals surface area contributed by atoms with Crippen LogP contribution in [0.2, 0.25) is 0 Å². The van der Waals surface area contributed by atoms with E-state index in [0.717, 1.165) is 12.2 Å². The molecule has 0 amide bonds. The lowest BCUT2D eigenvalue weighted by Crippen LogP contribution is -2.32. The number of aromatic nitrogens is 4. The highest BCUT2D eigenvalue weighted by molar-refractivity contribution is 5.71. The summed E-state index contributed by atoms with van der Waals surface area (Å²) in [6.07, 6.45) is 1.36. The topological polar surface area (TPSA) is 98.7 Å². The van der Waals surface area contributed by atoms with Gasteiger partial charge in [0.25, 0.3) is 5.56 Å². The third-order valence-electron chi connectivity index (χ3n) is 3.63. The summed E-state index contributed by atoms with van der Waals surface area (Å²) in [5, 5.41) is 0. The molecule has 7 heteroatoms. The molecule has 0 radical (unpaired) electrons. The number of aryl methyl sites for hydroxylation is 1. The Morgan fingerprint density at radius 2 is 2.05 bits per heavy atom. The second kappa shape index (κ2) is 5.62. The summed E-state index contributed by atoms with van der Waals surface area (Å²) < 4.78 is 3.39. The third kappa shape index (κ3) is 2.18. The predicted octanol–water partition coefficient (Wildman–Crippen LogP) is 0.378. The second-order valence-corrected chi connectivity index (χ2v) is 4.87. The Kier molecular flexibility index (Phi) is 4.08. The zero-order valence-corrected chi connectivity index (χ0v) is 12.1. The van der Waals surface area contributed by atoms with Crippen LogP contribution >= 0.6 is 0 Å². The molecule has 0 fully saturated rings. The van der Waals surface area contributed by atoms with Gasteiger partial charge in [-0.2, -0.15) is 0 Å². The zero-order valence-electron chi connectivity index (χ0n) is 12.1. The monoisotopic (exact) mass is 279 g/mol. The van der Waals surface area contributed by atoms with E-state index in [1.54, 1.807) is 4.57 Å². The molecule has 2 aromatic rings. The average Bonchev–Trinajstić information content (AvgIpc) is 2.77. The number of rotatable bonds is 5. The van der Waals surface area contributed by atoms with Gasteiger partial charge in [0.1, 0.15) is 5.82 Å². The molecule has 0 saturated heterocycles. The van der Waals surface area contributed by atoms with E-state index in [1.165, 1.54) is 0 Å². The maximum atomic E-state index is 12.1. The van der Waals surface area contributed by atoms with E-state index in [-0.39, 0.29) is 11.6 Å². The van der Waals surface area contributed by atoms with Gasteiger partial charge in [-0.1, -0.05) is 6.92 Å². The standard InChI is InChI=1S/C13H21N5O2/c1-4-8(3)18-11-10(12(19)16-13(18)20)17(5-2)9(15-11)6-7-14/h8H,4-7,14H2,1-3H3,(H,16,19,20). The van der Waals surface area contributed by atoms with Crippen LogP contribution in [0.25, 0.3) is 11.2 Å². The van der Waals surface area contributed by atoms with Gasteiger partial charge in [-0.3, -0.25) is 14.3 Å². The third-order valence-corrected chi connectivity index (χ3v) is 3.63. The number of imidazole rings is 1. The molecule has 1 unspecified atom stereocenters. The van der Waals surface area contributed by atoms with Crippen LogP contribution in [0.5, 0.6) is 0 Å². The van der Waals surface area contributed by atoms with Crippen molar-refractivity contribution >= 4 is 11.2 Å². The first-order valence-corrected chi connectivity index (χ1v) is 6.99. The summed E-state index contributed by atoms with van der Waals surface area (Å²) >= 11 is 0. The molecule has 7 nitrogen and oxygen atoms in total. The van der Waals surface area contributed by atoms with E-state index in [4.69, 9.17) is 5.73 Å². The lowest BCUT2D eigenvalue weighted by Gasteiger charge is -2.12. The van der Waals surface area contributed by atoms with E-state index in [9.17, 15) is 9.59 Å². The molecule has 0 aliphatic heterocycles. The Bertz CT molecular complexity index is 725. The first kappa shape index (κ1) is 14.5. The van der Waals surface area contributed by atoms with Crippen molar-refractivity contribution in [1.29, 1.82) is 0 Å². The van der Waals surface area contributed by atoms with Crippen LogP contribution in [0.1, 0.15) is 39.1 Å². The Labute approximate surface area is 116 Å². The van der Waals surface area contributed by atoms with Crippen molar-refractivity contribution in [3.63, 3.8) is 0 Å². The fraction of sp³-hybridized carbons (Fsp3) is 0.615. The summed E-state index contributed by atoms with van der Waals surface area (Å²) in [4.78, 5) is 31.0. The smallest absolute Gasteiger partial charge is 0.330 e. The van der Waals surface area contributed by atoms with Crippen LogP contribution in [0.4, 0.5) is 0 Å². The number of H-pyrrole nitrogens is 1. The molecule has 1 atom stereocenters. The van der Waals surface area contributed by atoms with E-state index in [0.29, 0.717) is 30.7 Å². The summed E-state index contributed by atoms with van der Waals surface area (Å²) in [5.74, 6) is 0.748. The fourth-order valence-electron chi connectivity index (χ4n) is 2.44. The van der Waals surface area contributed by atoms with Gasteiger partial charge < -0.3 is 10.3 Å². The number of fused-ring (bicyclic) bond motifs is 1. The molecule has 20 heavy (non-hydrogen) atoms. The van der Waals surface area contributed by atoms with Crippen molar-refractivity contribution in [1.82, 2.24) is 19.1 Å². The first-order valence-electron chi connectivity index (χ1n) is 6.99. The predicted molar refractivity (Wildman–Crippen MR) is 78.0 cm³/mol. The Morgan fingerprint density at radius 3 is 2.60 bits per heavy atom. The van der Waals surface area contributed by atoms with Crippen molar-refractivity contribution in [2.24, 2.45) is 5.73 Å². The second-order valence-electron chi connectivity index (χ2n) is 4.87. The van der Waals surface area contributed by atoms with Gasteiger partial charge in [-0.15, -0.1) is 0 Å². The van der Waals surface area contributed by atoms with Crippen LogP contribution in [0.3, 0.4) is 0 Å². The molecule has 3 N–H and O–H groups in total. The highest BCUT2D eigenvalue weighted by Gasteiger charge is 2.19. The van der Waals surface area contributed by atoms with Gasteiger partial charge in [-0.25, -0.2) is 9.78 Å². The van der Waals surface area contributed by atoms with Gasteiger partial charge in [-0.05, 0) is 26.8 Å². The summed E-state index contributed by atoms with van der Waals surface area (Å²) in [6, 6.07) is -0.0206. The number of aromatic amines is 1. The van der Waals surface area contributed by atoms with Gasteiger partial charge in [0, 0.05) is 19.0 Å². The molecule has 2 heterocycles. The summed E-state index contributed by atoms with van der Waals surface area (Å²) in [6.45, 7) is 6.94. The molecule has 0 saturated carbocycles. The average molecular weight is 279 g/mol. The number of hydrogen-bond donors (Lipinski definition) is 2. The molecule has 110 valence electrons. The lowest BCUT2D eigenvalue weighted by molar-refractivity contribution is 0.517. The summed E-state index contributed by atoms with van der Waals surface area (Å²) in [7, 11) is 0. The van der Waals surface area contributed by atoms with Crippen LogP contribution in [-0.2, 0) is 13.0 Å². The van der Waals surface area contributed by atoms with Crippen LogP contribution in [0.15, 0.2) is 9.59 Å². The van der Waals surface area contributed by atoms with Crippen molar-refractivity contribution in [3.05, 3.63) is 26.7 Å². The zero-order chi connectivity index (χ0) is 14.9. The molecule has 0 aliphatic rings. The van der Waals surface area contributed by atoms with E-state index < -0.39 is 5.69 Å². The molecular weight excluding hydrogens is 258 g/mol. The molecule has 2 rings (SSSR count). The Hall–Kier alpha value is -1.89. The highest BCUT2D eigenvalue weighted by Crippen LogP contribution is 2.16. The summed E-state index contributed by atoms with van der Waals surface area (Å²) in [5.41, 5.74) is 5.71. The highest BCUT2D eigenvalue weighted by atomic mass is 16.2. The largest absolute Gasteiger partial charge is 0.330 e. The molecule has 0 bridgehead atoms. The van der Waals surface area contributed by atoms with Crippen LogP contribution in [-0.4, -0.2) is 25.6 Å². The van der Waals surface area contributed by atoms with E-state index >= 15 is 0 Å². The number of nitrogens with two attached hydrogens (primary N) is 1. The van der Waals surface area contributed by atoms with Crippen molar-refractivity contribution in [2.75, 3.05) is 6.54 Å². The van der Waals surface area contributed by atoms with Gasteiger partial charge in [0.15, 0.2) is 11.2 Å². The number of nitrogens with zero attached hydrogens (tertiary/aromatic N) is 3. The molecule has 0 aromatic carbocycles.